The third-order valence-electron chi connectivity index (χ3n) is 3.47. The summed E-state index contributed by atoms with van der Waals surface area (Å²) in [6, 6.07) is 12.2. The Morgan fingerprint density at radius 3 is 1.90 bits per heavy atom. The van der Waals surface area contributed by atoms with Gasteiger partial charge in [0.1, 0.15) is 11.0 Å². The van der Waals surface area contributed by atoms with E-state index in [1.54, 1.807) is 0 Å². The van der Waals surface area contributed by atoms with Gasteiger partial charge in [-0.25, -0.2) is 4.98 Å². The normalized spacial score (nSPS) is 11.5. The average Bonchev–Trinajstić information content (AvgIpc) is 2.47. The van der Waals surface area contributed by atoms with Crippen LogP contribution in [0.25, 0.3) is 32.6 Å². The molecule has 0 saturated heterocycles. The minimum Gasteiger partial charge on any atom is -0.366 e. The topological polar surface area (TPSA) is 64.7 Å². The number of rotatable bonds is 0. The molecule has 2 N–H and O–H groups in total. The number of anilines is 1. The highest BCUT2D eigenvalue weighted by atomic mass is 79.9. The lowest BCUT2D eigenvalue weighted by Crippen LogP contribution is -1.99. The predicted molar refractivity (Wildman–Crippen MR) is 92.2 cm³/mol. The van der Waals surface area contributed by atoms with Crippen molar-refractivity contribution >= 4 is 70.4 Å². The van der Waals surface area contributed by atoms with Gasteiger partial charge in [0, 0.05) is 19.7 Å². The lowest BCUT2D eigenvalue weighted by molar-refractivity contribution is 1.04. The molecule has 1 aromatic heterocycles. The standard InChI is InChI=1S/C15H8Br2N4/c16-7-1-3-9-11(5-7)12-6-8(17)2-4-10(12)14-13(9)19-15(18)21-20-14/h1-6H,(H2,18,19,21). The molecule has 0 spiro atoms. The zero-order chi connectivity index (χ0) is 14.6. The number of nitrogen functional groups attached to an aromatic ring is 1. The van der Waals surface area contributed by atoms with E-state index in [1.807, 2.05) is 24.3 Å². The van der Waals surface area contributed by atoms with E-state index >= 15 is 0 Å². The minimum atomic E-state index is 0.184. The van der Waals surface area contributed by atoms with Crippen molar-refractivity contribution in [3.63, 3.8) is 0 Å². The minimum absolute atomic E-state index is 0.184. The molecule has 4 rings (SSSR count). The van der Waals surface area contributed by atoms with Crippen LogP contribution in [-0.2, 0) is 0 Å². The van der Waals surface area contributed by atoms with Gasteiger partial charge in [0.25, 0.3) is 0 Å². The van der Waals surface area contributed by atoms with Gasteiger partial charge >= 0.3 is 0 Å². The molecule has 1 heterocycles. The van der Waals surface area contributed by atoms with E-state index in [-0.39, 0.29) is 5.95 Å². The van der Waals surface area contributed by atoms with Gasteiger partial charge in [0.15, 0.2) is 0 Å². The van der Waals surface area contributed by atoms with Crippen LogP contribution in [0, 0.1) is 0 Å². The van der Waals surface area contributed by atoms with Crippen LogP contribution in [0.15, 0.2) is 45.3 Å². The fourth-order valence-corrected chi connectivity index (χ4v) is 3.32. The van der Waals surface area contributed by atoms with Crippen molar-refractivity contribution in [2.75, 3.05) is 5.73 Å². The number of fused-ring (bicyclic) bond motifs is 6. The Bertz CT molecular complexity index is 1030. The lowest BCUT2D eigenvalue weighted by atomic mass is 10.00. The lowest BCUT2D eigenvalue weighted by Gasteiger charge is -2.09. The van der Waals surface area contributed by atoms with Gasteiger partial charge in [-0.15, -0.1) is 10.2 Å². The van der Waals surface area contributed by atoms with E-state index in [1.165, 1.54) is 0 Å². The second-order valence-electron chi connectivity index (χ2n) is 4.75. The summed E-state index contributed by atoms with van der Waals surface area (Å²) in [4.78, 5) is 4.38. The third-order valence-corrected chi connectivity index (χ3v) is 4.45. The number of nitrogens with two attached hydrogens (primary N) is 1. The second-order valence-corrected chi connectivity index (χ2v) is 6.58. The molecule has 21 heavy (non-hydrogen) atoms. The molecule has 0 aliphatic carbocycles. The summed E-state index contributed by atoms with van der Waals surface area (Å²) in [6.07, 6.45) is 0. The first-order valence-corrected chi connectivity index (χ1v) is 7.82. The highest BCUT2D eigenvalue weighted by Crippen LogP contribution is 2.35. The summed E-state index contributed by atoms with van der Waals surface area (Å²) in [6.45, 7) is 0. The van der Waals surface area contributed by atoms with Crippen molar-refractivity contribution in [3.8, 4) is 0 Å². The first-order chi connectivity index (χ1) is 10.1. The highest BCUT2D eigenvalue weighted by Gasteiger charge is 2.12. The summed E-state index contributed by atoms with van der Waals surface area (Å²) in [7, 11) is 0. The van der Waals surface area contributed by atoms with Crippen LogP contribution in [0.3, 0.4) is 0 Å². The number of benzene rings is 3. The third kappa shape index (κ3) is 1.98. The molecule has 0 unspecified atom stereocenters. The van der Waals surface area contributed by atoms with Crippen LogP contribution in [0.2, 0.25) is 0 Å². The summed E-state index contributed by atoms with van der Waals surface area (Å²) in [5, 5.41) is 12.4. The first-order valence-electron chi connectivity index (χ1n) is 6.24. The molecule has 0 radical (unpaired) electrons. The first kappa shape index (κ1) is 12.9. The Hall–Kier alpha value is -1.79. The van der Waals surface area contributed by atoms with E-state index in [2.05, 4.69) is 59.2 Å². The van der Waals surface area contributed by atoms with Crippen LogP contribution in [-0.4, -0.2) is 15.2 Å². The van der Waals surface area contributed by atoms with Crippen LogP contribution in [0.1, 0.15) is 0 Å². The Balaban J connectivity index is 2.39. The van der Waals surface area contributed by atoms with Crippen molar-refractivity contribution in [1.29, 1.82) is 0 Å². The number of aromatic nitrogens is 3. The van der Waals surface area contributed by atoms with E-state index < -0.39 is 0 Å². The average molecular weight is 404 g/mol. The molecule has 102 valence electrons. The van der Waals surface area contributed by atoms with Crippen molar-refractivity contribution in [2.45, 2.75) is 0 Å². The van der Waals surface area contributed by atoms with Gasteiger partial charge in [-0.05, 0) is 35.0 Å². The van der Waals surface area contributed by atoms with Crippen molar-refractivity contribution in [2.24, 2.45) is 0 Å². The maximum Gasteiger partial charge on any atom is 0.240 e. The van der Waals surface area contributed by atoms with Crippen molar-refractivity contribution in [3.05, 3.63) is 45.3 Å². The maximum atomic E-state index is 5.71. The molecule has 4 nitrogen and oxygen atoms in total. The van der Waals surface area contributed by atoms with Crippen LogP contribution in [0.5, 0.6) is 0 Å². The summed E-state index contributed by atoms with van der Waals surface area (Å²) < 4.78 is 2.04. The zero-order valence-electron chi connectivity index (χ0n) is 10.6. The number of hydrogen-bond acceptors (Lipinski definition) is 4. The molecule has 4 aromatic rings. The number of halogens is 2. The molecular formula is C15H8Br2N4. The SMILES string of the molecule is Nc1nnc2c3ccc(Br)cc3c3cc(Br)ccc3c2n1. The van der Waals surface area contributed by atoms with E-state index in [4.69, 9.17) is 5.73 Å². The van der Waals surface area contributed by atoms with Gasteiger partial charge in [-0.3, -0.25) is 0 Å². The zero-order valence-corrected chi connectivity index (χ0v) is 13.8. The summed E-state index contributed by atoms with van der Waals surface area (Å²) in [5.74, 6) is 0.184. The van der Waals surface area contributed by atoms with Crippen molar-refractivity contribution in [1.82, 2.24) is 15.2 Å². The van der Waals surface area contributed by atoms with Gasteiger partial charge in [0.2, 0.25) is 5.95 Å². The fourth-order valence-electron chi connectivity index (χ4n) is 2.60. The van der Waals surface area contributed by atoms with E-state index in [0.29, 0.717) is 0 Å². The Morgan fingerprint density at radius 2 is 1.29 bits per heavy atom. The molecule has 0 atom stereocenters. The summed E-state index contributed by atoms with van der Waals surface area (Å²) in [5.41, 5.74) is 7.25. The fraction of sp³-hybridized carbons (Fsp3) is 0. The molecule has 0 bridgehead atoms. The Morgan fingerprint density at radius 1 is 0.714 bits per heavy atom. The second kappa shape index (κ2) is 4.61. The molecule has 0 saturated carbocycles. The largest absolute Gasteiger partial charge is 0.366 e. The Kier molecular flexibility index (Phi) is 2.83. The van der Waals surface area contributed by atoms with E-state index in [9.17, 15) is 0 Å². The van der Waals surface area contributed by atoms with Crippen LogP contribution >= 0.6 is 31.9 Å². The molecule has 0 fully saturated rings. The van der Waals surface area contributed by atoms with Gasteiger partial charge in [-0.1, -0.05) is 44.0 Å². The molecular weight excluding hydrogens is 396 g/mol. The number of nitrogens with zero attached hydrogens (tertiary/aromatic N) is 3. The Labute approximate surface area is 136 Å². The van der Waals surface area contributed by atoms with Gasteiger partial charge in [-0.2, -0.15) is 0 Å². The summed E-state index contributed by atoms with van der Waals surface area (Å²) >= 11 is 7.06. The molecule has 0 aliphatic rings. The predicted octanol–water partition coefficient (Wildman–Crippen LogP) is 4.44. The van der Waals surface area contributed by atoms with Gasteiger partial charge < -0.3 is 5.73 Å². The molecule has 0 aliphatic heterocycles. The quantitative estimate of drug-likeness (QED) is 0.441. The van der Waals surface area contributed by atoms with Crippen LogP contribution < -0.4 is 5.73 Å². The molecule has 3 aromatic carbocycles. The number of hydrogen-bond donors (Lipinski definition) is 1. The monoisotopic (exact) mass is 402 g/mol. The maximum absolute atomic E-state index is 5.71. The smallest absolute Gasteiger partial charge is 0.240 e. The van der Waals surface area contributed by atoms with Gasteiger partial charge in [0.05, 0.1) is 0 Å². The van der Waals surface area contributed by atoms with E-state index in [0.717, 1.165) is 41.5 Å². The highest BCUT2D eigenvalue weighted by molar-refractivity contribution is 9.10. The van der Waals surface area contributed by atoms with Crippen molar-refractivity contribution < 1.29 is 0 Å². The molecule has 6 heteroatoms. The molecule has 0 amide bonds. The van der Waals surface area contributed by atoms with Crippen LogP contribution in [0.4, 0.5) is 5.95 Å².